The van der Waals surface area contributed by atoms with Crippen molar-refractivity contribution in [2.75, 3.05) is 25.2 Å². The second-order valence-electron chi connectivity index (χ2n) is 7.15. The Morgan fingerprint density at radius 1 is 1.12 bits per heavy atom. The van der Waals surface area contributed by atoms with E-state index in [1.807, 2.05) is 30.3 Å². The SMILES string of the molecule is CN(C)S(=O)(=O)c1ccc(NC(=O)CSc2nc3c(cnn3-c3ccccc3)c(=O)[nH]2)cc1. The number of aromatic amines is 1. The molecule has 2 aromatic heterocycles. The average molecular weight is 485 g/mol. The van der Waals surface area contributed by atoms with Gasteiger partial charge in [-0.3, -0.25) is 9.59 Å². The molecule has 0 aliphatic heterocycles. The number of nitrogens with one attached hydrogen (secondary N) is 2. The van der Waals surface area contributed by atoms with Crippen LogP contribution in [0.25, 0.3) is 16.7 Å². The minimum Gasteiger partial charge on any atom is -0.325 e. The molecule has 0 bridgehead atoms. The molecular formula is C21H20N6O4S2. The van der Waals surface area contributed by atoms with Crippen molar-refractivity contribution in [2.45, 2.75) is 10.1 Å². The van der Waals surface area contributed by atoms with Crippen LogP contribution in [-0.4, -0.2) is 58.2 Å². The van der Waals surface area contributed by atoms with Crippen LogP contribution in [0.1, 0.15) is 0 Å². The van der Waals surface area contributed by atoms with Gasteiger partial charge in [-0.15, -0.1) is 0 Å². The van der Waals surface area contributed by atoms with Gasteiger partial charge in [0.25, 0.3) is 5.56 Å². The molecule has 12 heteroatoms. The molecule has 0 saturated carbocycles. The lowest BCUT2D eigenvalue weighted by Gasteiger charge is -2.12. The van der Waals surface area contributed by atoms with E-state index in [0.29, 0.717) is 16.7 Å². The number of hydrogen-bond donors (Lipinski definition) is 2. The largest absolute Gasteiger partial charge is 0.325 e. The number of amides is 1. The number of rotatable bonds is 7. The van der Waals surface area contributed by atoms with Crippen LogP contribution in [-0.2, 0) is 14.8 Å². The fraction of sp³-hybridized carbons (Fsp3) is 0.143. The molecule has 2 heterocycles. The molecule has 0 fully saturated rings. The zero-order chi connectivity index (χ0) is 23.6. The number of aromatic nitrogens is 4. The zero-order valence-corrected chi connectivity index (χ0v) is 19.4. The fourth-order valence-corrected chi connectivity index (χ4v) is 4.53. The van der Waals surface area contributed by atoms with E-state index in [0.717, 1.165) is 21.8 Å². The summed E-state index contributed by atoms with van der Waals surface area (Å²) in [6.45, 7) is 0. The van der Waals surface area contributed by atoms with E-state index in [1.165, 1.54) is 44.6 Å². The Hall–Kier alpha value is -3.48. The van der Waals surface area contributed by atoms with Crippen molar-refractivity contribution in [3.05, 3.63) is 71.1 Å². The Morgan fingerprint density at radius 2 is 1.82 bits per heavy atom. The number of fused-ring (bicyclic) bond motifs is 1. The number of thioether (sulfide) groups is 1. The molecule has 10 nitrogen and oxygen atoms in total. The summed E-state index contributed by atoms with van der Waals surface area (Å²) in [6, 6.07) is 15.2. The van der Waals surface area contributed by atoms with Gasteiger partial charge >= 0.3 is 0 Å². The molecule has 0 spiro atoms. The number of benzene rings is 2. The molecule has 0 unspecified atom stereocenters. The molecule has 0 aliphatic rings. The van der Waals surface area contributed by atoms with Gasteiger partial charge in [0.2, 0.25) is 15.9 Å². The van der Waals surface area contributed by atoms with Gasteiger partial charge in [-0.05, 0) is 36.4 Å². The minimum absolute atomic E-state index is 0.00827. The van der Waals surface area contributed by atoms with Gasteiger partial charge in [0.15, 0.2) is 10.8 Å². The standard InChI is InChI=1S/C21H20N6O4S2/c1-26(2)33(30,31)16-10-8-14(9-11-16)23-18(28)13-32-21-24-19-17(20(29)25-21)12-22-27(19)15-6-4-3-5-7-15/h3-12H,13H2,1-2H3,(H,23,28)(H,24,25,29). The topological polar surface area (TPSA) is 130 Å². The van der Waals surface area contributed by atoms with Gasteiger partial charge in [-0.2, -0.15) is 5.10 Å². The lowest BCUT2D eigenvalue weighted by atomic mass is 10.3. The molecule has 4 rings (SSSR count). The second kappa shape index (κ2) is 9.17. The molecule has 2 aromatic carbocycles. The van der Waals surface area contributed by atoms with Crippen molar-refractivity contribution < 1.29 is 13.2 Å². The van der Waals surface area contributed by atoms with Crippen molar-refractivity contribution in [2.24, 2.45) is 0 Å². The molecule has 2 N–H and O–H groups in total. The Labute approximate surface area is 193 Å². The third kappa shape index (κ3) is 4.82. The monoisotopic (exact) mass is 484 g/mol. The molecule has 0 aliphatic carbocycles. The van der Waals surface area contributed by atoms with Gasteiger partial charge in [0, 0.05) is 19.8 Å². The highest BCUT2D eigenvalue weighted by atomic mass is 32.2. The highest BCUT2D eigenvalue weighted by Crippen LogP contribution is 2.19. The van der Waals surface area contributed by atoms with Crippen molar-refractivity contribution in [1.29, 1.82) is 0 Å². The summed E-state index contributed by atoms with van der Waals surface area (Å²) in [4.78, 5) is 32.0. The van der Waals surface area contributed by atoms with E-state index >= 15 is 0 Å². The van der Waals surface area contributed by atoms with Gasteiger partial charge in [-0.25, -0.2) is 22.4 Å². The predicted molar refractivity (Wildman–Crippen MR) is 126 cm³/mol. The summed E-state index contributed by atoms with van der Waals surface area (Å²) in [5, 5.41) is 7.58. The number of H-pyrrole nitrogens is 1. The molecule has 4 aromatic rings. The van der Waals surface area contributed by atoms with Crippen LogP contribution in [0.2, 0.25) is 0 Å². The molecule has 170 valence electrons. The van der Waals surface area contributed by atoms with Crippen molar-refractivity contribution >= 4 is 44.4 Å². The molecule has 1 amide bonds. The summed E-state index contributed by atoms with van der Waals surface area (Å²) in [5.41, 5.74) is 1.27. The first-order valence-electron chi connectivity index (χ1n) is 9.74. The number of anilines is 1. The quantitative estimate of drug-likeness (QED) is 0.303. The fourth-order valence-electron chi connectivity index (χ4n) is 2.98. The van der Waals surface area contributed by atoms with Crippen LogP contribution in [0.4, 0.5) is 5.69 Å². The van der Waals surface area contributed by atoms with Gasteiger partial charge in [0.05, 0.1) is 22.5 Å². The number of nitrogens with zero attached hydrogens (tertiary/aromatic N) is 4. The van der Waals surface area contributed by atoms with Crippen LogP contribution in [0.15, 0.2) is 75.6 Å². The third-order valence-corrected chi connectivity index (χ3v) is 7.38. The molecule has 33 heavy (non-hydrogen) atoms. The first-order chi connectivity index (χ1) is 15.8. The van der Waals surface area contributed by atoms with Crippen molar-refractivity contribution in [3.63, 3.8) is 0 Å². The number of sulfonamides is 1. The summed E-state index contributed by atoms with van der Waals surface area (Å²) < 4.78 is 27.0. The Morgan fingerprint density at radius 3 is 2.48 bits per heavy atom. The Balaban J connectivity index is 1.46. The summed E-state index contributed by atoms with van der Waals surface area (Å²) in [6.07, 6.45) is 1.45. The maximum Gasteiger partial charge on any atom is 0.262 e. The smallest absolute Gasteiger partial charge is 0.262 e. The molecular weight excluding hydrogens is 464 g/mol. The normalized spacial score (nSPS) is 11.7. The van der Waals surface area contributed by atoms with E-state index < -0.39 is 10.0 Å². The van der Waals surface area contributed by atoms with E-state index in [1.54, 1.807) is 4.68 Å². The van der Waals surface area contributed by atoms with E-state index in [9.17, 15) is 18.0 Å². The van der Waals surface area contributed by atoms with E-state index in [4.69, 9.17) is 0 Å². The number of carbonyl (C=O) groups is 1. The van der Waals surface area contributed by atoms with Crippen LogP contribution >= 0.6 is 11.8 Å². The first kappa shape index (κ1) is 22.7. The first-order valence-corrected chi connectivity index (χ1v) is 12.2. The zero-order valence-electron chi connectivity index (χ0n) is 17.7. The third-order valence-electron chi connectivity index (χ3n) is 4.67. The van der Waals surface area contributed by atoms with E-state index in [-0.39, 0.29) is 27.3 Å². The summed E-state index contributed by atoms with van der Waals surface area (Å²) in [5.74, 6) is -0.339. The maximum atomic E-state index is 12.4. The van der Waals surface area contributed by atoms with Crippen molar-refractivity contribution in [1.82, 2.24) is 24.1 Å². The van der Waals surface area contributed by atoms with Crippen LogP contribution in [0, 0.1) is 0 Å². The van der Waals surface area contributed by atoms with Gasteiger partial charge in [-0.1, -0.05) is 30.0 Å². The lowest BCUT2D eigenvalue weighted by Crippen LogP contribution is -2.22. The second-order valence-corrected chi connectivity index (χ2v) is 10.3. The summed E-state index contributed by atoms with van der Waals surface area (Å²) in [7, 11) is -0.644. The van der Waals surface area contributed by atoms with E-state index in [2.05, 4.69) is 20.4 Å². The van der Waals surface area contributed by atoms with Gasteiger partial charge in [0.1, 0.15) is 5.39 Å². The highest BCUT2D eigenvalue weighted by molar-refractivity contribution is 7.99. The number of para-hydroxylation sites is 1. The molecule has 0 atom stereocenters. The average Bonchev–Trinajstić information content (AvgIpc) is 3.23. The minimum atomic E-state index is -3.54. The lowest BCUT2D eigenvalue weighted by molar-refractivity contribution is -0.113. The van der Waals surface area contributed by atoms with Gasteiger partial charge < -0.3 is 10.3 Å². The Kier molecular flexibility index (Phi) is 6.31. The number of carbonyl (C=O) groups excluding carboxylic acids is 1. The predicted octanol–water partition coefficient (Wildman–Crippen LogP) is 2.09. The van der Waals surface area contributed by atoms with Crippen LogP contribution < -0.4 is 10.9 Å². The van der Waals surface area contributed by atoms with Crippen molar-refractivity contribution in [3.8, 4) is 5.69 Å². The molecule has 0 radical (unpaired) electrons. The highest BCUT2D eigenvalue weighted by Gasteiger charge is 2.17. The Bertz CT molecular complexity index is 1460. The maximum absolute atomic E-state index is 12.4. The summed E-state index contributed by atoms with van der Waals surface area (Å²) >= 11 is 1.07. The van der Waals surface area contributed by atoms with Crippen LogP contribution in [0.3, 0.4) is 0 Å². The molecule has 0 saturated heterocycles. The van der Waals surface area contributed by atoms with Crippen LogP contribution in [0.5, 0.6) is 0 Å². The number of hydrogen-bond acceptors (Lipinski definition) is 7.